The van der Waals surface area contributed by atoms with Crippen LogP contribution in [-0.2, 0) is 16.6 Å². The van der Waals surface area contributed by atoms with Crippen molar-refractivity contribution in [1.82, 2.24) is 0 Å². The van der Waals surface area contributed by atoms with E-state index in [0.717, 1.165) is 36.8 Å². The van der Waals surface area contributed by atoms with Gasteiger partial charge in [-0.2, -0.15) is 0 Å². The molecule has 1 heterocycles. The Balaban J connectivity index is 1.81. The molecule has 3 aliphatic rings. The number of aliphatic hydroxyl groups excluding tert-OH is 6. The highest BCUT2D eigenvalue weighted by Crippen LogP contribution is 2.60. The average Bonchev–Trinajstić information content (AvgIpc) is 2.84. The molecule has 9 heteroatoms. The summed E-state index contributed by atoms with van der Waals surface area (Å²) in [5.74, 6) is -0.295. The van der Waals surface area contributed by atoms with Crippen LogP contribution < -0.4 is 4.74 Å². The summed E-state index contributed by atoms with van der Waals surface area (Å²) in [5, 5.41) is 72.3. The predicted octanol–water partition coefficient (Wildman–Crippen LogP) is 0.669. The van der Waals surface area contributed by atoms with Crippen molar-refractivity contribution in [3.8, 4) is 11.5 Å². The summed E-state index contributed by atoms with van der Waals surface area (Å²) in [6.07, 6.45) is -3.14. The molecule has 2 aliphatic carbocycles. The van der Waals surface area contributed by atoms with Crippen molar-refractivity contribution in [1.29, 1.82) is 0 Å². The molecule has 0 bridgehead atoms. The number of aryl methyl sites for hydroxylation is 1. The van der Waals surface area contributed by atoms with Crippen molar-refractivity contribution in [3.05, 3.63) is 22.8 Å². The van der Waals surface area contributed by atoms with Crippen LogP contribution >= 0.6 is 0 Å². The number of hydrogen-bond donors (Lipinski definition) is 7. The molecule has 0 aromatic heterocycles. The molecule has 4 rings (SSSR count). The van der Waals surface area contributed by atoms with E-state index in [9.17, 15) is 35.7 Å². The highest BCUT2D eigenvalue weighted by atomic mass is 16.7. The number of phenolic OH excluding ortho intramolecular Hbond substituents is 1. The lowest BCUT2D eigenvalue weighted by atomic mass is 9.50. The van der Waals surface area contributed by atoms with Gasteiger partial charge in [-0.1, -0.05) is 33.3 Å². The molecule has 0 radical (unpaired) electrons. The van der Waals surface area contributed by atoms with Crippen LogP contribution in [-0.4, -0.2) is 86.3 Å². The number of hydrogen-bond acceptors (Lipinski definition) is 9. The van der Waals surface area contributed by atoms with E-state index >= 15 is 0 Å². The normalized spacial score (nSPS) is 40.0. The number of aliphatic hydroxyl groups is 6. The zero-order valence-electron chi connectivity index (χ0n) is 20.7. The van der Waals surface area contributed by atoms with Gasteiger partial charge in [0.2, 0.25) is 6.29 Å². The summed E-state index contributed by atoms with van der Waals surface area (Å²) in [7, 11) is 0. The Bertz CT molecular complexity index is 921. The van der Waals surface area contributed by atoms with Crippen molar-refractivity contribution in [2.24, 2.45) is 11.3 Å². The maximum absolute atomic E-state index is 11.7. The number of fused-ring (bicyclic) bond motifs is 3. The number of aromatic hydroxyl groups is 1. The summed E-state index contributed by atoms with van der Waals surface area (Å²) >= 11 is 0. The van der Waals surface area contributed by atoms with Gasteiger partial charge in [-0.05, 0) is 48.0 Å². The van der Waals surface area contributed by atoms with E-state index in [2.05, 4.69) is 13.8 Å². The van der Waals surface area contributed by atoms with Crippen molar-refractivity contribution < 1.29 is 45.2 Å². The molecule has 35 heavy (non-hydrogen) atoms. The molecule has 0 spiro atoms. The first-order valence-electron chi connectivity index (χ1n) is 12.6. The van der Waals surface area contributed by atoms with E-state index < -0.39 is 48.6 Å². The minimum atomic E-state index is -1.63. The highest BCUT2D eigenvalue weighted by molar-refractivity contribution is 5.60. The topological polar surface area (TPSA) is 160 Å². The number of rotatable bonds is 6. The zero-order valence-corrected chi connectivity index (χ0v) is 20.7. The molecule has 1 saturated heterocycles. The summed E-state index contributed by atoms with van der Waals surface area (Å²) < 4.78 is 11.6. The fraction of sp³-hybridized carbons (Fsp3) is 0.769. The molecule has 0 amide bonds. The van der Waals surface area contributed by atoms with Crippen LogP contribution in [0.4, 0.5) is 0 Å². The van der Waals surface area contributed by atoms with Gasteiger partial charge in [0.15, 0.2) is 11.5 Å². The molecular weight excluding hydrogens is 456 g/mol. The van der Waals surface area contributed by atoms with Gasteiger partial charge in [-0.15, -0.1) is 0 Å². The first kappa shape index (κ1) is 26.6. The fourth-order valence-electron chi connectivity index (χ4n) is 6.86. The van der Waals surface area contributed by atoms with Crippen LogP contribution in [0.3, 0.4) is 0 Å². The molecule has 2 fully saturated rings. The van der Waals surface area contributed by atoms with E-state index in [0.29, 0.717) is 12.0 Å². The molecular formula is C26H40O9. The molecule has 1 aromatic rings. The monoisotopic (exact) mass is 496 g/mol. The van der Waals surface area contributed by atoms with Crippen molar-refractivity contribution >= 4 is 0 Å². The third kappa shape index (κ3) is 4.25. The lowest BCUT2D eigenvalue weighted by Gasteiger charge is -2.55. The second kappa shape index (κ2) is 9.78. The largest absolute Gasteiger partial charge is 0.504 e. The Morgan fingerprint density at radius 1 is 1.09 bits per heavy atom. The molecule has 1 aliphatic heterocycles. The first-order chi connectivity index (χ1) is 16.5. The van der Waals surface area contributed by atoms with E-state index in [1.807, 2.05) is 6.07 Å². The number of ether oxygens (including phenoxy) is 2. The maximum atomic E-state index is 11.7. The quantitative estimate of drug-likeness (QED) is 0.300. The van der Waals surface area contributed by atoms with Gasteiger partial charge in [0.1, 0.15) is 24.4 Å². The van der Waals surface area contributed by atoms with Crippen LogP contribution in [0.15, 0.2) is 6.07 Å². The van der Waals surface area contributed by atoms with Gasteiger partial charge >= 0.3 is 0 Å². The van der Waals surface area contributed by atoms with Crippen molar-refractivity contribution in [2.45, 2.75) is 94.9 Å². The molecule has 1 saturated carbocycles. The molecule has 198 valence electrons. The van der Waals surface area contributed by atoms with Crippen LogP contribution in [0.1, 0.15) is 69.1 Å². The molecule has 7 N–H and O–H groups in total. The second-order valence-electron chi connectivity index (χ2n) is 11.3. The second-order valence-corrected chi connectivity index (χ2v) is 11.3. The predicted molar refractivity (Wildman–Crippen MR) is 126 cm³/mol. The minimum absolute atomic E-state index is 0.0489. The van der Waals surface area contributed by atoms with Gasteiger partial charge in [-0.25, -0.2) is 0 Å². The summed E-state index contributed by atoms with van der Waals surface area (Å²) in [6, 6.07) is 1.93. The van der Waals surface area contributed by atoms with Crippen LogP contribution in [0, 0.1) is 11.3 Å². The molecule has 2 unspecified atom stereocenters. The SMILES string of the molecule is CC(CO)c1cc2c(c(O)c1OC1O[C@H](CO)[C@@H](O)[C@H](O)[C@H]1O)[C@@]1(C)CCC[C@](C)(CO)[C@@H]1CC2. The minimum Gasteiger partial charge on any atom is -0.504 e. The fourth-order valence-corrected chi connectivity index (χ4v) is 6.86. The van der Waals surface area contributed by atoms with Gasteiger partial charge in [0.25, 0.3) is 0 Å². The van der Waals surface area contributed by atoms with E-state index in [4.69, 9.17) is 9.47 Å². The third-order valence-corrected chi connectivity index (χ3v) is 8.94. The lowest BCUT2D eigenvalue weighted by Crippen LogP contribution is -2.60. The van der Waals surface area contributed by atoms with Gasteiger partial charge < -0.3 is 45.2 Å². The third-order valence-electron chi connectivity index (χ3n) is 8.94. The number of benzene rings is 1. The molecule has 1 aromatic carbocycles. The Hall–Kier alpha value is -1.46. The average molecular weight is 497 g/mol. The number of phenols is 1. The van der Waals surface area contributed by atoms with Gasteiger partial charge in [0, 0.05) is 30.3 Å². The maximum Gasteiger partial charge on any atom is 0.229 e. The zero-order chi connectivity index (χ0) is 25.7. The first-order valence-corrected chi connectivity index (χ1v) is 12.6. The summed E-state index contributed by atoms with van der Waals surface area (Å²) in [4.78, 5) is 0. The standard InChI is InChI=1S/C26H40O9/c1-13(10-27)15-9-14-5-6-17-25(2,12-29)7-4-8-26(17,3)18(14)20(31)23(15)35-24-22(33)21(32)19(30)16(11-28)34-24/h9,13,16-17,19,21-22,24,27-33H,4-8,10-12H2,1-3H3/t13?,16-,17+,19-,21+,22-,24?,25-,26+/m1/s1. The van der Waals surface area contributed by atoms with Crippen LogP contribution in [0.5, 0.6) is 11.5 Å². The van der Waals surface area contributed by atoms with E-state index in [1.54, 1.807) is 6.92 Å². The Labute approximate surface area is 205 Å². The van der Waals surface area contributed by atoms with E-state index in [1.165, 1.54) is 0 Å². The molecule has 9 nitrogen and oxygen atoms in total. The Morgan fingerprint density at radius 3 is 2.43 bits per heavy atom. The van der Waals surface area contributed by atoms with Gasteiger partial charge in [-0.3, -0.25) is 0 Å². The highest BCUT2D eigenvalue weighted by Gasteiger charge is 2.53. The van der Waals surface area contributed by atoms with E-state index in [-0.39, 0.29) is 36.0 Å². The van der Waals surface area contributed by atoms with Crippen molar-refractivity contribution in [2.75, 3.05) is 19.8 Å². The Kier molecular flexibility index (Phi) is 7.43. The van der Waals surface area contributed by atoms with Gasteiger partial charge in [0.05, 0.1) is 6.61 Å². The Morgan fingerprint density at radius 2 is 1.80 bits per heavy atom. The lowest BCUT2D eigenvalue weighted by molar-refractivity contribution is -0.277. The smallest absolute Gasteiger partial charge is 0.229 e. The summed E-state index contributed by atoms with van der Waals surface area (Å²) in [5.41, 5.74) is 1.58. The molecule has 9 atom stereocenters. The van der Waals surface area contributed by atoms with Crippen LogP contribution in [0.2, 0.25) is 0 Å². The van der Waals surface area contributed by atoms with Crippen molar-refractivity contribution in [3.63, 3.8) is 0 Å². The van der Waals surface area contributed by atoms with Crippen LogP contribution in [0.25, 0.3) is 0 Å². The summed E-state index contributed by atoms with van der Waals surface area (Å²) in [6.45, 7) is 5.28.